The van der Waals surface area contributed by atoms with Gasteiger partial charge >= 0.3 is 23.5 Å². The molecule has 14 heteroatoms. The van der Waals surface area contributed by atoms with Crippen molar-refractivity contribution in [2.24, 2.45) is 5.92 Å². The SMILES string of the molecule is CC1CC2C(O1)C2OP(=O)(O)OP(=O)(O)OP(=O)(O)O. The van der Waals surface area contributed by atoms with E-state index in [2.05, 4.69) is 13.1 Å². The fourth-order valence-electron chi connectivity index (χ4n) is 2.06. The third kappa shape index (κ3) is 4.43. The van der Waals surface area contributed by atoms with Crippen LogP contribution in [0.1, 0.15) is 13.3 Å². The van der Waals surface area contributed by atoms with Gasteiger partial charge < -0.3 is 24.3 Å². The van der Waals surface area contributed by atoms with Crippen LogP contribution in [0.3, 0.4) is 0 Å². The topological polar surface area (TPSA) is 169 Å². The molecule has 1 heterocycles. The molecular weight excluding hydrogens is 341 g/mol. The van der Waals surface area contributed by atoms with Crippen LogP contribution in [0.5, 0.6) is 0 Å². The lowest BCUT2D eigenvalue weighted by Crippen LogP contribution is -2.12. The number of hydrogen-bond donors (Lipinski definition) is 4. The number of phosphoric ester groups is 1. The van der Waals surface area contributed by atoms with Crippen molar-refractivity contribution in [3.8, 4) is 0 Å². The average Bonchev–Trinajstić information content (AvgIpc) is 2.63. The molecule has 1 aliphatic carbocycles. The minimum absolute atomic E-state index is 0.00854. The molecule has 4 N–H and O–H groups in total. The summed E-state index contributed by atoms with van der Waals surface area (Å²) in [4.78, 5) is 34.9. The van der Waals surface area contributed by atoms with Gasteiger partial charge in [-0.2, -0.15) is 8.62 Å². The predicted octanol–water partition coefficient (Wildman–Crippen LogP) is 0.505. The van der Waals surface area contributed by atoms with E-state index in [1.165, 1.54) is 0 Å². The van der Waals surface area contributed by atoms with Crippen molar-refractivity contribution in [3.63, 3.8) is 0 Å². The van der Waals surface area contributed by atoms with Crippen molar-refractivity contribution in [2.45, 2.75) is 31.7 Å². The summed E-state index contributed by atoms with van der Waals surface area (Å²) in [6.07, 6.45) is -0.566. The molecule has 0 aromatic rings. The average molecular weight is 354 g/mol. The highest BCUT2D eigenvalue weighted by Crippen LogP contribution is 2.68. The number of ether oxygens (including phenoxy) is 1. The van der Waals surface area contributed by atoms with E-state index in [1.807, 2.05) is 6.92 Å². The van der Waals surface area contributed by atoms with Crippen LogP contribution < -0.4 is 0 Å². The smallest absolute Gasteiger partial charge is 0.372 e. The van der Waals surface area contributed by atoms with Gasteiger partial charge in [-0.15, -0.1) is 0 Å². The van der Waals surface area contributed by atoms with Crippen LogP contribution in [0, 0.1) is 5.92 Å². The van der Waals surface area contributed by atoms with Crippen LogP contribution in [0.4, 0.5) is 0 Å². The Labute approximate surface area is 113 Å². The van der Waals surface area contributed by atoms with Crippen molar-refractivity contribution >= 4 is 23.5 Å². The van der Waals surface area contributed by atoms with Gasteiger partial charge in [-0.1, -0.05) is 0 Å². The molecule has 118 valence electrons. The second kappa shape index (κ2) is 5.22. The van der Waals surface area contributed by atoms with E-state index in [-0.39, 0.29) is 12.0 Å². The quantitative estimate of drug-likeness (QED) is 0.490. The van der Waals surface area contributed by atoms with Crippen LogP contribution in [-0.2, 0) is 31.6 Å². The molecule has 2 aliphatic rings. The zero-order chi connectivity index (χ0) is 15.3. The van der Waals surface area contributed by atoms with Gasteiger partial charge in [0, 0.05) is 5.92 Å². The summed E-state index contributed by atoms with van der Waals surface area (Å²) in [7, 11) is -15.8. The number of fused-ring (bicyclic) bond motifs is 1. The molecule has 0 spiro atoms. The Morgan fingerprint density at radius 3 is 2.10 bits per heavy atom. The lowest BCUT2D eigenvalue weighted by molar-refractivity contribution is 0.0401. The minimum Gasteiger partial charge on any atom is -0.372 e. The molecule has 0 aromatic heterocycles. The van der Waals surface area contributed by atoms with Gasteiger partial charge in [0.15, 0.2) is 0 Å². The van der Waals surface area contributed by atoms with E-state index >= 15 is 0 Å². The summed E-state index contributed by atoms with van der Waals surface area (Å²) in [5, 5.41) is 0. The standard InChI is InChI=1S/C6H13O11P3/c1-3-2-4-5(14-3)6(4)15-19(10,11)17-20(12,13)16-18(7,8)9/h3-6H,2H2,1H3,(H,10,11)(H,12,13)(H2,7,8,9). The third-order valence-electron chi connectivity index (χ3n) is 2.69. The molecule has 1 saturated carbocycles. The maximum atomic E-state index is 11.5. The summed E-state index contributed by atoms with van der Waals surface area (Å²) >= 11 is 0. The van der Waals surface area contributed by atoms with Crippen molar-refractivity contribution in [1.29, 1.82) is 0 Å². The van der Waals surface area contributed by atoms with Crippen LogP contribution in [0.15, 0.2) is 0 Å². The zero-order valence-corrected chi connectivity index (χ0v) is 12.7. The molecule has 2 fully saturated rings. The Morgan fingerprint density at radius 2 is 1.65 bits per heavy atom. The molecule has 0 aromatic carbocycles. The van der Waals surface area contributed by atoms with Crippen LogP contribution in [-0.4, -0.2) is 37.9 Å². The lowest BCUT2D eigenvalue weighted by Gasteiger charge is -2.17. The first-order chi connectivity index (χ1) is 8.89. The zero-order valence-electron chi connectivity index (χ0n) is 10.0. The Hall–Kier alpha value is 0.370. The van der Waals surface area contributed by atoms with Crippen LogP contribution >= 0.6 is 23.5 Å². The summed E-state index contributed by atoms with van der Waals surface area (Å²) in [6, 6.07) is 0. The Bertz CT molecular complexity index is 514. The van der Waals surface area contributed by atoms with E-state index in [9.17, 15) is 18.6 Å². The number of rotatable bonds is 6. The lowest BCUT2D eigenvalue weighted by atomic mass is 10.2. The predicted molar refractivity (Wildman–Crippen MR) is 61.2 cm³/mol. The molecule has 0 radical (unpaired) electrons. The van der Waals surface area contributed by atoms with Crippen LogP contribution in [0.25, 0.3) is 0 Å². The highest BCUT2D eigenvalue weighted by molar-refractivity contribution is 7.66. The molecule has 1 aliphatic heterocycles. The molecule has 0 amide bonds. The minimum atomic E-state index is -5.45. The molecule has 11 nitrogen and oxygen atoms in total. The van der Waals surface area contributed by atoms with Crippen molar-refractivity contribution < 1.29 is 51.2 Å². The third-order valence-corrected chi connectivity index (χ3v) is 6.53. The molecule has 1 saturated heterocycles. The Kier molecular flexibility index (Phi) is 4.37. The molecular formula is C6H13O11P3. The fraction of sp³-hybridized carbons (Fsp3) is 1.00. The van der Waals surface area contributed by atoms with E-state index < -0.39 is 35.7 Å². The maximum absolute atomic E-state index is 11.5. The van der Waals surface area contributed by atoms with Gasteiger partial charge in [-0.05, 0) is 13.3 Å². The summed E-state index contributed by atoms with van der Waals surface area (Å²) in [5.41, 5.74) is 0. The van der Waals surface area contributed by atoms with Gasteiger partial charge in [0.1, 0.15) is 6.10 Å². The normalized spacial score (nSPS) is 38.9. The van der Waals surface area contributed by atoms with Gasteiger partial charge in [0.25, 0.3) is 0 Å². The van der Waals surface area contributed by atoms with Crippen molar-refractivity contribution in [2.75, 3.05) is 0 Å². The van der Waals surface area contributed by atoms with Crippen LogP contribution in [0.2, 0.25) is 0 Å². The second-order valence-electron chi connectivity index (χ2n) is 4.47. The summed E-state index contributed by atoms with van der Waals surface area (Å²) < 4.78 is 50.1. The first kappa shape index (κ1) is 16.7. The van der Waals surface area contributed by atoms with Gasteiger partial charge in [-0.25, -0.2) is 13.7 Å². The monoisotopic (exact) mass is 354 g/mol. The van der Waals surface area contributed by atoms with Crippen molar-refractivity contribution in [3.05, 3.63) is 0 Å². The highest BCUT2D eigenvalue weighted by Gasteiger charge is 2.61. The first-order valence-electron chi connectivity index (χ1n) is 5.36. The number of hydrogen-bond acceptors (Lipinski definition) is 7. The molecule has 6 atom stereocenters. The number of phosphoric acid groups is 3. The van der Waals surface area contributed by atoms with E-state index in [1.54, 1.807) is 0 Å². The Morgan fingerprint density at radius 1 is 1.05 bits per heavy atom. The fourth-order valence-corrected chi connectivity index (χ4v) is 5.30. The van der Waals surface area contributed by atoms with Gasteiger partial charge in [0.2, 0.25) is 0 Å². The molecule has 0 bridgehead atoms. The van der Waals surface area contributed by atoms with E-state index in [0.717, 1.165) is 0 Å². The Balaban J connectivity index is 1.90. The van der Waals surface area contributed by atoms with E-state index in [0.29, 0.717) is 6.42 Å². The largest absolute Gasteiger partial charge is 0.490 e. The maximum Gasteiger partial charge on any atom is 0.490 e. The van der Waals surface area contributed by atoms with Gasteiger partial charge in [0.05, 0.1) is 12.2 Å². The van der Waals surface area contributed by atoms with E-state index in [4.69, 9.17) is 19.4 Å². The van der Waals surface area contributed by atoms with Gasteiger partial charge in [-0.3, -0.25) is 4.52 Å². The summed E-state index contributed by atoms with van der Waals surface area (Å²) in [6.45, 7) is 1.81. The molecule has 6 unspecified atom stereocenters. The van der Waals surface area contributed by atoms with Crippen molar-refractivity contribution in [1.82, 2.24) is 0 Å². The molecule has 20 heavy (non-hydrogen) atoms. The first-order valence-corrected chi connectivity index (χ1v) is 9.88. The second-order valence-corrected chi connectivity index (χ2v) is 8.84. The highest BCUT2D eigenvalue weighted by atomic mass is 31.3. The summed E-state index contributed by atoms with van der Waals surface area (Å²) in [5.74, 6) is -0.116. The molecule has 2 rings (SSSR count).